The number of aromatic amines is 1. The Bertz CT molecular complexity index is 907. The fourth-order valence-electron chi connectivity index (χ4n) is 2.39. The number of primary amides is 1. The van der Waals surface area contributed by atoms with Crippen molar-refractivity contribution in [1.82, 2.24) is 25.3 Å². The monoisotopic (exact) mass is 386 g/mol. The number of nitrogens with zero attached hydrogens (tertiary/aromatic N) is 4. The van der Waals surface area contributed by atoms with E-state index in [9.17, 15) is 4.79 Å². The average Bonchev–Trinajstić information content (AvgIpc) is 3.34. The topological polar surface area (TPSA) is 157 Å². The van der Waals surface area contributed by atoms with E-state index in [2.05, 4.69) is 36.0 Å². The van der Waals surface area contributed by atoms with Gasteiger partial charge >= 0.3 is 0 Å². The first-order valence-corrected chi connectivity index (χ1v) is 8.85. The Kier molecular flexibility index (Phi) is 6.52. The number of H-pyrrole nitrogens is 1. The molecule has 5 N–H and O–H groups in total. The molecule has 0 radical (unpaired) electrons. The van der Waals surface area contributed by atoms with Crippen molar-refractivity contribution in [1.29, 1.82) is 0 Å². The highest BCUT2D eigenvalue weighted by Crippen LogP contribution is 2.15. The fourth-order valence-corrected chi connectivity index (χ4v) is 2.39. The molecular formula is C17H22N8O3. The second-order valence-electron chi connectivity index (χ2n) is 5.87. The van der Waals surface area contributed by atoms with E-state index in [1.54, 1.807) is 12.3 Å². The van der Waals surface area contributed by atoms with E-state index in [1.807, 2.05) is 13.0 Å². The number of nitrogens with two attached hydrogens (primary N) is 1. The highest BCUT2D eigenvalue weighted by Gasteiger charge is 2.09. The second kappa shape index (κ2) is 9.46. The Labute approximate surface area is 161 Å². The van der Waals surface area contributed by atoms with Crippen molar-refractivity contribution in [3.8, 4) is 0 Å². The van der Waals surface area contributed by atoms with E-state index < -0.39 is 5.91 Å². The Morgan fingerprint density at radius 1 is 1.36 bits per heavy atom. The van der Waals surface area contributed by atoms with E-state index in [0.29, 0.717) is 23.3 Å². The molecule has 0 fully saturated rings. The van der Waals surface area contributed by atoms with Gasteiger partial charge in [-0.3, -0.25) is 9.89 Å². The van der Waals surface area contributed by atoms with Crippen LogP contribution >= 0.6 is 0 Å². The fraction of sp³-hybridized carbons (Fsp3) is 0.353. The molecule has 0 aliphatic heterocycles. The molecule has 0 saturated carbocycles. The van der Waals surface area contributed by atoms with Gasteiger partial charge < -0.3 is 25.6 Å². The number of carbonyl (C=O) groups is 1. The normalized spacial score (nSPS) is 10.8. The Morgan fingerprint density at radius 2 is 2.25 bits per heavy atom. The largest absolute Gasteiger partial charge is 0.382 e. The summed E-state index contributed by atoms with van der Waals surface area (Å²) in [5.41, 5.74) is 6.23. The van der Waals surface area contributed by atoms with Crippen LogP contribution in [0.1, 0.15) is 35.3 Å². The molecule has 3 heterocycles. The van der Waals surface area contributed by atoms with E-state index in [0.717, 1.165) is 31.7 Å². The minimum Gasteiger partial charge on any atom is -0.382 e. The summed E-state index contributed by atoms with van der Waals surface area (Å²) < 4.78 is 10.3. The van der Waals surface area contributed by atoms with Gasteiger partial charge in [0.15, 0.2) is 17.3 Å². The zero-order valence-electron chi connectivity index (χ0n) is 15.4. The van der Waals surface area contributed by atoms with Crippen LogP contribution in [0, 0.1) is 0 Å². The van der Waals surface area contributed by atoms with Gasteiger partial charge in [-0.05, 0) is 25.8 Å². The number of aryl methyl sites for hydroxylation is 1. The molecule has 1 amide bonds. The zero-order chi connectivity index (χ0) is 19.8. The highest BCUT2D eigenvalue weighted by molar-refractivity contribution is 5.90. The third kappa shape index (κ3) is 5.51. The maximum absolute atomic E-state index is 11.0. The van der Waals surface area contributed by atoms with Gasteiger partial charge in [0.05, 0.1) is 6.54 Å². The molecule has 11 nitrogen and oxygen atoms in total. The molecule has 3 aromatic rings. The first kappa shape index (κ1) is 19.3. The summed E-state index contributed by atoms with van der Waals surface area (Å²) in [5.74, 6) is 1.43. The molecule has 0 aromatic carbocycles. The molecule has 0 aliphatic carbocycles. The third-order valence-electron chi connectivity index (χ3n) is 3.71. The van der Waals surface area contributed by atoms with E-state index in [-0.39, 0.29) is 12.2 Å². The molecule has 0 aliphatic rings. The summed E-state index contributed by atoms with van der Waals surface area (Å²) in [7, 11) is 0. The van der Waals surface area contributed by atoms with Crippen LogP contribution in [-0.4, -0.2) is 44.4 Å². The number of amides is 1. The molecule has 0 unspecified atom stereocenters. The lowest BCUT2D eigenvalue weighted by molar-refractivity contribution is 0.0991. The summed E-state index contributed by atoms with van der Waals surface area (Å²) in [5, 5.41) is 16.9. The van der Waals surface area contributed by atoms with Crippen LogP contribution in [0.25, 0.3) is 0 Å². The van der Waals surface area contributed by atoms with Crippen LogP contribution in [0.3, 0.4) is 0 Å². The molecule has 3 aromatic heterocycles. The molecular weight excluding hydrogens is 364 g/mol. The van der Waals surface area contributed by atoms with Gasteiger partial charge in [0, 0.05) is 37.2 Å². The third-order valence-corrected chi connectivity index (χ3v) is 3.71. The van der Waals surface area contributed by atoms with Crippen LogP contribution in [0.2, 0.25) is 0 Å². The summed E-state index contributed by atoms with van der Waals surface area (Å²) in [4.78, 5) is 19.5. The van der Waals surface area contributed by atoms with Crippen LogP contribution in [0.15, 0.2) is 28.9 Å². The quantitative estimate of drug-likeness (QED) is 0.359. The van der Waals surface area contributed by atoms with Crippen molar-refractivity contribution in [2.24, 2.45) is 5.73 Å². The van der Waals surface area contributed by atoms with Crippen LogP contribution in [0.5, 0.6) is 0 Å². The minimum absolute atomic E-state index is 0.0729. The summed E-state index contributed by atoms with van der Waals surface area (Å²) in [6.07, 6.45) is 3.40. The number of nitrogens with one attached hydrogen (secondary N) is 3. The summed E-state index contributed by atoms with van der Waals surface area (Å²) in [6.45, 7) is 3.69. The molecule has 148 valence electrons. The van der Waals surface area contributed by atoms with Gasteiger partial charge in [-0.2, -0.15) is 10.1 Å². The van der Waals surface area contributed by atoms with Crippen molar-refractivity contribution < 1.29 is 14.1 Å². The number of hydrogen-bond acceptors (Lipinski definition) is 9. The Balaban J connectivity index is 1.53. The average molecular weight is 386 g/mol. The first-order valence-electron chi connectivity index (χ1n) is 8.85. The maximum Gasteiger partial charge on any atom is 0.270 e. The maximum atomic E-state index is 11.0. The van der Waals surface area contributed by atoms with Crippen molar-refractivity contribution in [3.63, 3.8) is 0 Å². The molecule has 0 saturated heterocycles. The van der Waals surface area contributed by atoms with Gasteiger partial charge in [0.1, 0.15) is 5.82 Å². The molecule has 0 bridgehead atoms. The Morgan fingerprint density at radius 3 is 3.04 bits per heavy atom. The zero-order valence-corrected chi connectivity index (χ0v) is 15.4. The van der Waals surface area contributed by atoms with Gasteiger partial charge in [-0.1, -0.05) is 5.16 Å². The predicted molar refractivity (Wildman–Crippen MR) is 101 cm³/mol. The highest BCUT2D eigenvalue weighted by atomic mass is 16.5. The van der Waals surface area contributed by atoms with Crippen molar-refractivity contribution in [2.45, 2.75) is 26.3 Å². The smallest absolute Gasteiger partial charge is 0.270 e. The molecule has 28 heavy (non-hydrogen) atoms. The molecule has 11 heteroatoms. The Hall–Kier alpha value is -3.47. The van der Waals surface area contributed by atoms with Crippen LogP contribution in [0.4, 0.5) is 17.6 Å². The number of carbonyl (C=O) groups excluding carboxylic acids is 1. The van der Waals surface area contributed by atoms with Gasteiger partial charge in [0.25, 0.3) is 5.91 Å². The first-order chi connectivity index (χ1) is 13.6. The van der Waals surface area contributed by atoms with Gasteiger partial charge in [0.2, 0.25) is 5.95 Å². The SMILES string of the molecule is CCOCCCc1cc(Nc2ccnc(NCc3cc(C(N)=O)no3)n2)n[nH]1. The lowest BCUT2D eigenvalue weighted by Crippen LogP contribution is -2.10. The van der Waals surface area contributed by atoms with E-state index >= 15 is 0 Å². The van der Waals surface area contributed by atoms with Gasteiger partial charge in [-0.15, -0.1) is 0 Å². The summed E-state index contributed by atoms with van der Waals surface area (Å²) in [6, 6.07) is 5.13. The second-order valence-corrected chi connectivity index (χ2v) is 5.87. The standard InChI is InChI=1S/C17H22N8O3/c1-2-27-7-3-4-11-8-15(24-23-11)21-14-5-6-19-17(22-14)20-10-12-9-13(16(18)26)25-28-12/h5-6,8-9H,2-4,7,10H2,1H3,(H2,18,26)(H3,19,20,21,22,23,24). The number of aromatic nitrogens is 5. The van der Waals surface area contributed by atoms with Crippen molar-refractivity contribution in [2.75, 3.05) is 23.8 Å². The lowest BCUT2D eigenvalue weighted by atomic mass is 10.2. The molecule has 0 atom stereocenters. The molecule has 0 spiro atoms. The van der Waals surface area contributed by atoms with Crippen molar-refractivity contribution >= 4 is 23.5 Å². The predicted octanol–water partition coefficient (Wildman–Crippen LogP) is 1.61. The van der Waals surface area contributed by atoms with E-state index in [1.165, 1.54) is 6.07 Å². The summed E-state index contributed by atoms with van der Waals surface area (Å²) >= 11 is 0. The number of ether oxygens (including phenoxy) is 1. The van der Waals surface area contributed by atoms with Crippen LogP contribution < -0.4 is 16.4 Å². The number of rotatable bonds is 11. The van der Waals surface area contributed by atoms with Gasteiger partial charge in [-0.25, -0.2) is 4.98 Å². The number of hydrogen-bond donors (Lipinski definition) is 4. The molecule has 3 rings (SSSR count). The lowest BCUT2D eigenvalue weighted by Gasteiger charge is -2.05. The van der Waals surface area contributed by atoms with E-state index in [4.69, 9.17) is 15.0 Å². The number of anilines is 3. The minimum atomic E-state index is -0.645. The van der Waals surface area contributed by atoms with Crippen molar-refractivity contribution in [3.05, 3.63) is 41.5 Å². The van der Waals surface area contributed by atoms with Crippen LogP contribution in [-0.2, 0) is 17.7 Å².